The lowest BCUT2D eigenvalue weighted by Gasteiger charge is -2.25. The highest BCUT2D eigenvalue weighted by Crippen LogP contribution is 2.42. The topological polar surface area (TPSA) is 75.4 Å². The molecular formula is C28H31N3O3. The van der Waals surface area contributed by atoms with Gasteiger partial charge in [0.1, 0.15) is 5.56 Å². The van der Waals surface area contributed by atoms with Crippen LogP contribution >= 0.6 is 0 Å². The second-order valence-electron chi connectivity index (χ2n) is 9.50. The predicted octanol–water partition coefficient (Wildman–Crippen LogP) is 5.91. The van der Waals surface area contributed by atoms with Crippen LogP contribution in [0.5, 0.6) is 0 Å². The number of likely N-dealkylation sites (tertiary alicyclic amines) is 1. The highest BCUT2D eigenvalue weighted by Gasteiger charge is 2.33. The average Bonchev–Trinajstić information content (AvgIpc) is 3.42. The van der Waals surface area contributed by atoms with Crippen molar-refractivity contribution in [1.29, 1.82) is 0 Å². The maximum atomic E-state index is 13.3. The Kier molecular flexibility index (Phi) is 6.22. The Balaban J connectivity index is 1.43. The molecule has 176 valence electrons. The monoisotopic (exact) mass is 457 g/mol. The number of nitrogens with zero attached hydrogens (tertiary/aromatic N) is 3. The molecule has 0 radical (unpaired) electrons. The van der Waals surface area contributed by atoms with Crippen LogP contribution in [0.15, 0.2) is 54.7 Å². The molecular weight excluding hydrogens is 426 g/mol. The number of carbonyl (C=O) groups excluding carboxylic acids is 1. The zero-order valence-corrected chi connectivity index (χ0v) is 19.6. The van der Waals surface area contributed by atoms with Crippen LogP contribution in [-0.4, -0.2) is 44.3 Å². The van der Waals surface area contributed by atoms with Crippen LogP contribution < -0.4 is 0 Å². The molecule has 2 fully saturated rings. The van der Waals surface area contributed by atoms with Crippen molar-refractivity contribution in [1.82, 2.24) is 14.7 Å². The summed E-state index contributed by atoms with van der Waals surface area (Å²) >= 11 is 0. The molecule has 1 N–H and O–H groups in total. The Morgan fingerprint density at radius 2 is 1.82 bits per heavy atom. The molecule has 1 saturated heterocycles. The number of aromatic carboxylic acids is 1. The number of carbonyl (C=O) groups is 2. The molecule has 2 heterocycles. The highest BCUT2D eigenvalue weighted by atomic mass is 16.4. The molecule has 34 heavy (non-hydrogen) atoms. The van der Waals surface area contributed by atoms with E-state index < -0.39 is 5.97 Å². The summed E-state index contributed by atoms with van der Waals surface area (Å²) in [5.74, 6) is -0.570. The van der Waals surface area contributed by atoms with Gasteiger partial charge in [0.2, 0.25) is 0 Å². The summed E-state index contributed by atoms with van der Waals surface area (Å²) in [6.45, 7) is 3.03. The van der Waals surface area contributed by atoms with E-state index in [-0.39, 0.29) is 17.4 Å². The zero-order valence-electron chi connectivity index (χ0n) is 19.6. The van der Waals surface area contributed by atoms with Crippen LogP contribution in [0, 0.1) is 0 Å². The number of hydrogen-bond donors (Lipinski definition) is 1. The standard InChI is InChI=1S/C28H31N3O3/c1-2-3-10-23-12-6-15-30(23)27(32)22-9-4-7-20(16-22)21-8-5-11-24(17-21)31-26(19-13-14-19)25(18-29-31)28(33)34/h4-5,7-9,11,16-19,23H,2-3,6,10,12-15H2,1H3,(H,33,34)/t23-/m1/s1. The van der Waals surface area contributed by atoms with Gasteiger partial charge in [-0.15, -0.1) is 0 Å². The van der Waals surface area contributed by atoms with E-state index >= 15 is 0 Å². The van der Waals surface area contributed by atoms with Gasteiger partial charge in [-0.05, 0) is 67.5 Å². The fraction of sp³-hybridized carbons (Fsp3) is 0.393. The number of amides is 1. The van der Waals surface area contributed by atoms with E-state index in [1.165, 1.54) is 6.20 Å². The van der Waals surface area contributed by atoms with Crippen molar-refractivity contribution in [3.05, 3.63) is 71.5 Å². The summed E-state index contributed by atoms with van der Waals surface area (Å²) in [4.78, 5) is 27.1. The quantitative estimate of drug-likeness (QED) is 0.456. The molecule has 5 rings (SSSR count). The van der Waals surface area contributed by atoms with E-state index in [9.17, 15) is 14.7 Å². The van der Waals surface area contributed by atoms with Crippen molar-refractivity contribution in [3.8, 4) is 16.8 Å². The maximum Gasteiger partial charge on any atom is 0.339 e. The molecule has 1 amide bonds. The van der Waals surface area contributed by atoms with Gasteiger partial charge in [0, 0.05) is 24.1 Å². The second kappa shape index (κ2) is 9.45. The minimum absolute atomic E-state index is 0.116. The third-order valence-corrected chi connectivity index (χ3v) is 7.06. The summed E-state index contributed by atoms with van der Waals surface area (Å²) in [6.07, 6.45) is 8.99. The van der Waals surface area contributed by atoms with Gasteiger partial charge in [0.05, 0.1) is 17.6 Å². The summed E-state index contributed by atoms with van der Waals surface area (Å²) < 4.78 is 1.77. The van der Waals surface area contributed by atoms with Crippen LogP contribution in [0.2, 0.25) is 0 Å². The highest BCUT2D eigenvalue weighted by molar-refractivity contribution is 5.96. The molecule has 2 aliphatic rings. The van der Waals surface area contributed by atoms with Gasteiger partial charge in [-0.2, -0.15) is 5.10 Å². The first-order valence-electron chi connectivity index (χ1n) is 12.4. The van der Waals surface area contributed by atoms with E-state index in [1.54, 1.807) is 4.68 Å². The number of benzene rings is 2. The maximum absolute atomic E-state index is 13.3. The van der Waals surface area contributed by atoms with Gasteiger partial charge in [0.25, 0.3) is 5.91 Å². The van der Waals surface area contributed by atoms with Crippen LogP contribution in [0.25, 0.3) is 16.8 Å². The van der Waals surface area contributed by atoms with Crippen LogP contribution in [0.1, 0.15) is 84.2 Å². The number of carboxylic acids is 1. The number of hydrogen-bond acceptors (Lipinski definition) is 3. The molecule has 1 aromatic heterocycles. The molecule has 1 saturated carbocycles. The summed E-state index contributed by atoms with van der Waals surface area (Å²) in [5, 5.41) is 14.0. The third-order valence-electron chi connectivity index (χ3n) is 7.06. The Morgan fingerprint density at radius 1 is 1.06 bits per heavy atom. The molecule has 1 aliphatic carbocycles. The Morgan fingerprint density at radius 3 is 2.56 bits per heavy atom. The fourth-order valence-electron chi connectivity index (χ4n) is 5.14. The van der Waals surface area contributed by atoms with Crippen molar-refractivity contribution in [2.45, 2.75) is 63.8 Å². The van der Waals surface area contributed by atoms with Crippen molar-refractivity contribution >= 4 is 11.9 Å². The Bertz CT molecular complexity index is 1210. The lowest BCUT2D eigenvalue weighted by atomic mass is 10.0. The lowest BCUT2D eigenvalue weighted by molar-refractivity contribution is 0.0693. The summed E-state index contributed by atoms with van der Waals surface area (Å²) in [5.41, 5.74) is 4.56. The Hall–Kier alpha value is -3.41. The molecule has 6 heteroatoms. The smallest absolute Gasteiger partial charge is 0.339 e. The molecule has 2 aromatic carbocycles. The van der Waals surface area contributed by atoms with Gasteiger partial charge in [0.15, 0.2) is 0 Å². The zero-order chi connectivity index (χ0) is 23.7. The van der Waals surface area contributed by atoms with Gasteiger partial charge >= 0.3 is 5.97 Å². The molecule has 0 unspecified atom stereocenters. The minimum atomic E-state index is -0.935. The molecule has 1 aliphatic heterocycles. The second-order valence-corrected chi connectivity index (χ2v) is 9.50. The first kappa shape index (κ1) is 22.4. The minimum Gasteiger partial charge on any atom is -0.478 e. The van der Waals surface area contributed by atoms with Crippen molar-refractivity contribution in [2.24, 2.45) is 0 Å². The van der Waals surface area contributed by atoms with E-state index in [4.69, 9.17) is 0 Å². The average molecular weight is 458 g/mol. The normalized spacial score (nSPS) is 17.8. The van der Waals surface area contributed by atoms with E-state index in [0.29, 0.717) is 6.04 Å². The molecule has 6 nitrogen and oxygen atoms in total. The predicted molar refractivity (Wildman–Crippen MR) is 132 cm³/mol. The molecule has 0 spiro atoms. The summed E-state index contributed by atoms with van der Waals surface area (Å²) in [6, 6.07) is 16.1. The van der Waals surface area contributed by atoms with Gasteiger partial charge in [-0.3, -0.25) is 4.79 Å². The molecule has 1 atom stereocenters. The van der Waals surface area contributed by atoms with E-state index in [1.807, 2.05) is 48.5 Å². The first-order chi connectivity index (χ1) is 16.6. The summed E-state index contributed by atoms with van der Waals surface area (Å²) in [7, 11) is 0. The van der Waals surface area contributed by atoms with E-state index in [0.717, 1.165) is 79.6 Å². The largest absolute Gasteiger partial charge is 0.478 e. The number of rotatable bonds is 8. The lowest BCUT2D eigenvalue weighted by Crippen LogP contribution is -2.35. The van der Waals surface area contributed by atoms with Crippen LogP contribution in [-0.2, 0) is 0 Å². The van der Waals surface area contributed by atoms with Gasteiger partial charge < -0.3 is 10.0 Å². The SMILES string of the molecule is CCCC[C@@H]1CCCN1C(=O)c1cccc(-c2cccc(-n3ncc(C(=O)O)c3C3CC3)c2)c1. The van der Waals surface area contributed by atoms with Crippen molar-refractivity contribution < 1.29 is 14.7 Å². The van der Waals surface area contributed by atoms with Crippen LogP contribution in [0.3, 0.4) is 0 Å². The van der Waals surface area contributed by atoms with Crippen molar-refractivity contribution in [3.63, 3.8) is 0 Å². The van der Waals surface area contributed by atoms with E-state index in [2.05, 4.69) is 16.9 Å². The van der Waals surface area contributed by atoms with Gasteiger partial charge in [-0.25, -0.2) is 9.48 Å². The number of carboxylic acid groups (broad SMARTS) is 1. The number of aromatic nitrogens is 2. The van der Waals surface area contributed by atoms with Gasteiger partial charge in [-0.1, -0.05) is 44.0 Å². The number of unbranched alkanes of at least 4 members (excludes halogenated alkanes) is 1. The first-order valence-corrected chi connectivity index (χ1v) is 12.4. The van der Waals surface area contributed by atoms with Crippen molar-refractivity contribution in [2.75, 3.05) is 6.54 Å². The molecule has 3 aromatic rings. The Labute approximate surface area is 200 Å². The third kappa shape index (κ3) is 4.37. The molecule has 0 bridgehead atoms. The fourth-order valence-corrected chi connectivity index (χ4v) is 5.14. The van der Waals surface area contributed by atoms with Crippen LogP contribution in [0.4, 0.5) is 0 Å².